The number of aromatic nitrogens is 1. The van der Waals surface area contributed by atoms with E-state index in [1.54, 1.807) is 7.11 Å². The molecule has 6 heterocycles. The van der Waals surface area contributed by atoms with Crippen LogP contribution in [0.2, 0.25) is 0 Å². The number of sulfonamides is 3. The van der Waals surface area contributed by atoms with E-state index in [9.17, 15) is 39.6 Å². The Morgan fingerprint density at radius 3 is 1.54 bits per heavy atom. The van der Waals surface area contributed by atoms with Gasteiger partial charge in [0.05, 0.1) is 33.1 Å². The number of benzene rings is 3. The topological polar surface area (TPSA) is 229 Å². The number of hydrogen-bond donors (Lipinski definition) is 0. The van der Waals surface area contributed by atoms with Crippen LogP contribution in [0.4, 0.5) is 0 Å². The maximum Gasteiger partial charge on any atom is 0.328 e. The van der Waals surface area contributed by atoms with Crippen LogP contribution in [-0.2, 0) is 63.4 Å². The highest BCUT2D eigenvalue weighted by molar-refractivity contribution is 9.10. The van der Waals surface area contributed by atoms with Crippen molar-refractivity contribution in [1.82, 2.24) is 27.7 Å². The minimum Gasteiger partial charge on any atom is -0.475 e. The number of carbonyl (C=O) groups is 3. The lowest BCUT2D eigenvalue weighted by Gasteiger charge is -2.42. The van der Waals surface area contributed by atoms with Gasteiger partial charge in [-0.25, -0.2) is 38.8 Å². The molecule has 0 amide bonds. The van der Waals surface area contributed by atoms with E-state index in [0.717, 1.165) is 62.6 Å². The predicted octanol–water partition coefficient (Wildman–Crippen LogP) is 8.87. The highest BCUT2D eigenvalue weighted by Gasteiger charge is 2.57. The van der Waals surface area contributed by atoms with E-state index in [2.05, 4.69) is 89.8 Å². The van der Waals surface area contributed by atoms with Crippen LogP contribution in [0.15, 0.2) is 87.8 Å². The maximum absolute atomic E-state index is 13.8. The highest BCUT2D eigenvalue weighted by Crippen LogP contribution is 2.40. The standard InChI is InChI=1S/C29H39N3O6S.C20H29BrN2O4S.C15H20BrNO4S/c1-21-19-24(9-10-25(21)26-7-6-8-27(30-26)38-20-22(2)36-4)23-11-15-32(16-12-23)39(34,35)29(28(33)37-5)13-17-31(3)18-14-29;1-15-14-17(4-5-18(15)21)16-6-10-23(11-7-16)28(25,26)20(19(24)27-3)8-12-22(2)13-9-20;1-11-9-13(3-4-14(11)16)12-5-7-17(8-6-12)22(19,20)10-15(18)21-2/h6-11,19,22H,12-18,20H2,1-5H3;4-5,14,16H,6-13H2,1-3H3;3-4,9,12H,5-8,10H2,1-2H3. The Labute approximate surface area is 544 Å². The molecule has 490 valence electrons. The number of rotatable bonds is 17. The van der Waals surface area contributed by atoms with Crippen molar-refractivity contribution in [1.29, 1.82) is 0 Å². The molecular weight excluding hydrogens is 1330 g/mol. The summed E-state index contributed by atoms with van der Waals surface area (Å²) in [5, 5.41) is 0. The predicted molar refractivity (Wildman–Crippen MR) is 352 cm³/mol. The van der Waals surface area contributed by atoms with Crippen molar-refractivity contribution in [2.24, 2.45) is 0 Å². The van der Waals surface area contributed by atoms with E-state index in [1.165, 1.54) is 56.5 Å². The molecule has 20 nitrogen and oxygen atoms in total. The summed E-state index contributed by atoms with van der Waals surface area (Å²) >= 11 is 7.02. The molecule has 4 aromatic rings. The second kappa shape index (κ2) is 31.3. The summed E-state index contributed by atoms with van der Waals surface area (Å²) in [7, 11) is -1.98. The largest absolute Gasteiger partial charge is 0.475 e. The smallest absolute Gasteiger partial charge is 0.328 e. The third kappa shape index (κ3) is 16.9. The molecule has 5 aliphatic rings. The molecule has 3 aromatic carbocycles. The number of pyridine rings is 1. The first kappa shape index (κ1) is 71.8. The lowest BCUT2D eigenvalue weighted by atomic mass is 9.89. The lowest BCUT2D eigenvalue weighted by Crippen LogP contribution is -2.59. The van der Waals surface area contributed by atoms with Gasteiger partial charge in [-0.05, 0) is 195 Å². The molecule has 0 saturated carbocycles. The van der Waals surface area contributed by atoms with E-state index < -0.39 is 63.2 Å². The molecule has 0 spiro atoms. The molecule has 0 bridgehead atoms. The summed E-state index contributed by atoms with van der Waals surface area (Å²) in [6.07, 6.45) is 6.58. The fourth-order valence-corrected chi connectivity index (χ4v) is 18.3. The minimum absolute atomic E-state index is 0.0264. The highest BCUT2D eigenvalue weighted by atomic mass is 79.9. The number of hydrogen-bond acceptors (Lipinski definition) is 17. The Balaban J connectivity index is 0.000000199. The zero-order valence-electron chi connectivity index (χ0n) is 53.0. The third-order valence-corrected chi connectivity index (χ3v) is 26.9. The Bertz CT molecular complexity index is 3510. The van der Waals surface area contributed by atoms with Gasteiger partial charge in [-0.1, -0.05) is 86.5 Å². The first-order valence-corrected chi connectivity index (χ1v) is 36.3. The number of methoxy groups -OCH3 is 4. The SMILES string of the molecule is COC(=O)C1(S(=O)(=O)N2CC=C(c3ccc(-c4cccc(OCC(C)OC)n4)c(C)c3)CC2)CCN(C)CC1.COC(=O)C1(S(=O)(=O)N2CCC(c3ccc(Br)c(C)c3)CC2)CCN(C)CC1.COC(=O)CS(=O)(=O)N1CCC(c2ccc(Br)c(C)c2)CC1. The minimum atomic E-state index is -3.89. The van der Waals surface area contributed by atoms with E-state index in [4.69, 9.17) is 18.9 Å². The number of halogens is 2. The van der Waals surface area contributed by atoms with Crippen LogP contribution < -0.4 is 4.74 Å². The fourth-order valence-electron chi connectivity index (χ4n) is 12.2. The summed E-state index contributed by atoms with van der Waals surface area (Å²) in [4.78, 5) is 45.3. The molecule has 9 rings (SSSR count). The van der Waals surface area contributed by atoms with Crippen molar-refractivity contribution in [3.63, 3.8) is 0 Å². The van der Waals surface area contributed by atoms with Gasteiger partial charge >= 0.3 is 17.9 Å². The van der Waals surface area contributed by atoms with Crippen LogP contribution in [0.1, 0.15) is 110 Å². The molecular formula is C64H88Br2N6O14S3. The van der Waals surface area contributed by atoms with Gasteiger partial charge in [0.15, 0.2) is 15.2 Å². The second-order valence-electron chi connectivity index (χ2n) is 23.9. The number of aryl methyl sites for hydroxylation is 3. The average molecular weight is 1420 g/mol. The molecule has 25 heteroatoms. The van der Waals surface area contributed by atoms with Crippen molar-refractivity contribution < 1.29 is 63.3 Å². The summed E-state index contributed by atoms with van der Waals surface area (Å²) in [5.74, 6) is -1.33. The van der Waals surface area contributed by atoms with E-state index >= 15 is 0 Å². The number of likely N-dealkylation sites (tertiary alicyclic amines) is 2. The van der Waals surface area contributed by atoms with Gasteiger partial charge in [0, 0.05) is 67.0 Å². The van der Waals surface area contributed by atoms with E-state index in [1.807, 2.05) is 82.2 Å². The van der Waals surface area contributed by atoms with E-state index in [-0.39, 0.29) is 38.3 Å². The molecule has 4 fully saturated rings. The molecule has 0 radical (unpaired) electrons. The van der Waals surface area contributed by atoms with Gasteiger partial charge in [0.25, 0.3) is 0 Å². The number of esters is 3. The van der Waals surface area contributed by atoms with Crippen molar-refractivity contribution in [2.45, 2.75) is 113 Å². The summed E-state index contributed by atoms with van der Waals surface area (Å²) in [6, 6.07) is 24.5. The van der Waals surface area contributed by atoms with Crippen LogP contribution in [0.3, 0.4) is 0 Å². The monoisotopic (exact) mass is 1420 g/mol. The van der Waals surface area contributed by atoms with Gasteiger partial charge in [-0.2, -0.15) is 4.31 Å². The number of nitrogens with zero attached hydrogens (tertiary/aromatic N) is 6. The Kier molecular flexibility index (Phi) is 25.2. The molecule has 1 unspecified atom stereocenters. The molecule has 0 aliphatic carbocycles. The van der Waals surface area contributed by atoms with Crippen LogP contribution in [0.25, 0.3) is 16.8 Å². The first-order valence-electron chi connectivity index (χ1n) is 30.2. The van der Waals surface area contributed by atoms with Gasteiger partial charge < -0.3 is 33.5 Å². The zero-order valence-corrected chi connectivity index (χ0v) is 58.6. The Morgan fingerprint density at radius 1 is 0.607 bits per heavy atom. The molecule has 1 atom stereocenters. The lowest BCUT2D eigenvalue weighted by molar-refractivity contribution is -0.146. The number of piperidine rings is 4. The van der Waals surface area contributed by atoms with Gasteiger partial charge in [0.2, 0.25) is 35.9 Å². The number of carbonyl (C=O) groups excluding carboxylic acids is 3. The third-order valence-electron chi connectivity index (χ3n) is 18.1. The van der Waals surface area contributed by atoms with Crippen molar-refractivity contribution in [3.8, 4) is 17.1 Å². The molecule has 89 heavy (non-hydrogen) atoms. The van der Waals surface area contributed by atoms with Crippen molar-refractivity contribution in [2.75, 3.05) is 120 Å². The summed E-state index contributed by atoms with van der Waals surface area (Å²) in [6.45, 7) is 13.0. The molecule has 0 N–H and O–H groups in total. The molecule has 5 aliphatic heterocycles. The molecule has 4 saturated heterocycles. The van der Waals surface area contributed by atoms with Crippen molar-refractivity contribution in [3.05, 3.63) is 121 Å². The van der Waals surface area contributed by atoms with Gasteiger partial charge in [-0.15, -0.1) is 0 Å². The Morgan fingerprint density at radius 2 is 1.10 bits per heavy atom. The summed E-state index contributed by atoms with van der Waals surface area (Å²) < 4.78 is 108. The maximum atomic E-state index is 13.8. The second-order valence-corrected chi connectivity index (χ2v) is 32.0. The van der Waals surface area contributed by atoms with Gasteiger partial charge in [-0.3, -0.25) is 14.4 Å². The van der Waals surface area contributed by atoms with Crippen LogP contribution in [0.5, 0.6) is 5.88 Å². The quantitative estimate of drug-likeness (QED) is 0.0710. The normalized spacial score (nSPS) is 19.7. The first-order chi connectivity index (χ1) is 42.1. The average Bonchev–Trinajstić information content (AvgIpc) is 1.45. The van der Waals surface area contributed by atoms with Gasteiger partial charge in [0.1, 0.15) is 6.61 Å². The van der Waals surface area contributed by atoms with Crippen LogP contribution in [0, 0.1) is 20.8 Å². The summed E-state index contributed by atoms with van der Waals surface area (Å²) in [5.41, 5.74) is 9.89. The zero-order chi connectivity index (χ0) is 65.1. The fraction of sp³-hybridized carbons (Fsp3) is 0.562. The number of ether oxygens (including phenoxy) is 5. The molecule has 1 aromatic heterocycles. The van der Waals surface area contributed by atoms with Crippen LogP contribution in [-0.4, -0.2) is 207 Å². The van der Waals surface area contributed by atoms with Crippen LogP contribution >= 0.6 is 31.9 Å². The Hall–Kier alpha value is -4.67. The van der Waals surface area contributed by atoms with Crippen molar-refractivity contribution >= 4 is 85.4 Å². The van der Waals surface area contributed by atoms with E-state index in [0.29, 0.717) is 89.6 Å².